The number of halogens is 1. The number of aliphatic imine (C=N–C) groups is 1. The molecule has 1 heterocycles. The Hall–Kier alpha value is -1.87. The highest BCUT2D eigenvalue weighted by Gasteiger charge is 2.37. The fourth-order valence-corrected chi connectivity index (χ4v) is 4.31. The lowest BCUT2D eigenvalue weighted by atomic mass is 10.1. The summed E-state index contributed by atoms with van der Waals surface area (Å²) in [5.74, 6) is -0.261. The Morgan fingerprint density at radius 3 is 2.44 bits per heavy atom. The topological polar surface area (TPSA) is 61.8 Å². The third kappa shape index (κ3) is 4.70. The predicted octanol–water partition coefficient (Wildman–Crippen LogP) is 4.50. The molecule has 1 fully saturated rings. The number of para-hydroxylation sites is 1. The number of hydrogen-bond acceptors (Lipinski definition) is 4. The molecular weight excluding hydrogens is 473 g/mol. The normalized spacial score (nSPS) is 18.2. The molecule has 0 radical (unpaired) electrons. The van der Waals surface area contributed by atoms with Gasteiger partial charge in [-0.3, -0.25) is 14.5 Å². The number of rotatable bonds is 4. The maximum absolute atomic E-state index is 12.5. The molecule has 1 saturated heterocycles. The molecule has 2 aromatic carbocycles. The monoisotopic (exact) mass is 493 g/mol. The Morgan fingerprint density at radius 1 is 1.19 bits per heavy atom. The van der Waals surface area contributed by atoms with Crippen molar-refractivity contribution in [3.8, 4) is 0 Å². The lowest BCUT2D eigenvalue weighted by molar-refractivity contribution is -0.127. The van der Waals surface area contributed by atoms with E-state index >= 15 is 0 Å². The van der Waals surface area contributed by atoms with Crippen LogP contribution in [0.25, 0.3) is 0 Å². The zero-order valence-electron chi connectivity index (χ0n) is 15.3. The van der Waals surface area contributed by atoms with Gasteiger partial charge in [0.05, 0.1) is 5.69 Å². The van der Waals surface area contributed by atoms with Gasteiger partial charge in [-0.15, -0.1) is 0 Å². The first kappa shape index (κ1) is 19.9. The lowest BCUT2D eigenvalue weighted by Crippen LogP contribution is -2.30. The number of benzene rings is 2. The van der Waals surface area contributed by atoms with Gasteiger partial charge in [0.1, 0.15) is 5.25 Å². The van der Waals surface area contributed by atoms with E-state index in [2.05, 4.69) is 32.9 Å². The maximum atomic E-state index is 12.5. The smallest absolute Gasteiger partial charge is 0.242 e. The maximum Gasteiger partial charge on any atom is 0.242 e. The largest absolute Gasteiger partial charge is 0.326 e. The minimum atomic E-state index is -0.457. The Kier molecular flexibility index (Phi) is 6.21. The quantitative estimate of drug-likeness (QED) is 0.639. The number of carbonyl (C=O) groups excluding carboxylic acids is 2. The van der Waals surface area contributed by atoms with Crippen LogP contribution < -0.4 is 5.32 Å². The number of nitrogens with one attached hydrogen (secondary N) is 1. The van der Waals surface area contributed by atoms with Gasteiger partial charge in [-0.2, -0.15) is 0 Å². The van der Waals surface area contributed by atoms with Crippen molar-refractivity contribution in [2.24, 2.45) is 4.99 Å². The molecule has 3 rings (SSSR count). The molecule has 0 saturated carbocycles. The summed E-state index contributed by atoms with van der Waals surface area (Å²) < 4.78 is 1.13. The van der Waals surface area contributed by atoms with Gasteiger partial charge in [-0.1, -0.05) is 30.0 Å². The molecule has 2 amide bonds. The van der Waals surface area contributed by atoms with Gasteiger partial charge < -0.3 is 5.32 Å². The number of carbonyl (C=O) groups is 2. The highest BCUT2D eigenvalue weighted by atomic mass is 127. The van der Waals surface area contributed by atoms with Crippen LogP contribution >= 0.6 is 34.4 Å². The zero-order valence-corrected chi connectivity index (χ0v) is 18.3. The zero-order chi connectivity index (χ0) is 19.6. The number of hydrogen-bond donors (Lipinski definition) is 1. The van der Waals surface area contributed by atoms with Crippen LogP contribution in [0.3, 0.4) is 0 Å². The van der Waals surface area contributed by atoms with Gasteiger partial charge in [-0.25, -0.2) is 4.99 Å². The van der Waals surface area contributed by atoms with E-state index in [-0.39, 0.29) is 18.2 Å². The van der Waals surface area contributed by atoms with Crippen LogP contribution in [0.2, 0.25) is 0 Å². The van der Waals surface area contributed by atoms with E-state index in [9.17, 15) is 9.59 Å². The van der Waals surface area contributed by atoms with E-state index in [1.807, 2.05) is 56.3 Å². The average Bonchev–Trinajstić information content (AvgIpc) is 2.88. The van der Waals surface area contributed by atoms with Crippen LogP contribution in [-0.4, -0.2) is 34.2 Å². The van der Waals surface area contributed by atoms with Gasteiger partial charge in [-0.05, 0) is 71.8 Å². The van der Waals surface area contributed by atoms with E-state index in [4.69, 9.17) is 0 Å². The van der Waals surface area contributed by atoms with E-state index < -0.39 is 5.25 Å². The van der Waals surface area contributed by atoms with Crippen LogP contribution in [0.1, 0.15) is 17.5 Å². The molecule has 27 heavy (non-hydrogen) atoms. The summed E-state index contributed by atoms with van der Waals surface area (Å²) in [6, 6.07) is 13.6. The molecular formula is C20H20IN3O2S. The lowest BCUT2D eigenvalue weighted by Gasteiger charge is -2.12. The number of anilines is 1. The van der Waals surface area contributed by atoms with Crippen LogP contribution in [0.4, 0.5) is 11.4 Å². The summed E-state index contributed by atoms with van der Waals surface area (Å²) in [5, 5.41) is 3.11. The van der Waals surface area contributed by atoms with Crippen LogP contribution in [0, 0.1) is 17.4 Å². The Bertz CT molecular complexity index is 892. The van der Waals surface area contributed by atoms with E-state index in [0.29, 0.717) is 5.17 Å². The highest BCUT2D eigenvalue weighted by Crippen LogP contribution is 2.31. The van der Waals surface area contributed by atoms with Crippen molar-refractivity contribution < 1.29 is 9.59 Å². The second-order valence-corrected chi connectivity index (χ2v) is 8.81. The average molecular weight is 493 g/mol. The summed E-state index contributed by atoms with van der Waals surface area (Å²) in [5.41, 5.74) is 3.62. The SMILES string of the molecule is Cc1cccc(C)c1NC(=O)C[C@@H]1SC(=Nc2ccc(I)cc2)N(C)C1=O. The van der Waals surface area contributed by atoms with Crippen molar-refractivity contribution in [1.82, 2.24) is 4.90 Å². The van der Waals surface area contributed by atoms with Crippen molar-refractivity contribution in [3.63, 3.8) is 0 Å². The number of amidine groups is 1. The first-order valence-electron chi connectivity index (χ1n) is 8.49. The molecule has 1 aliphatic rings. The second-order valence-electron chi connectivity index (χ2n) is 6.39. The van der Waals surface area contributed by atoms with Crippen molar-refractivity contribution in [3.05, 3.63) is 57.2 Å². The van der Waals surface area contributed by atoms with Gasteiger partial charge in [0.15, 0.2) is 5.17 Å². The molecule has 140 valence electrons. The molecule has 0 spiro atoms. The summed E-state index contributed by atoms with van der Waals surface area (Å²) in [7, 11) is 1.70. The molecule has 7 heteroatoms. The molecule has 1 atom stereocenters. The first-order chi connectivity index (χ1) is 12.8. The molecule has 2 aromatic rings. The number of thioether (sulfide) groups is 1. The fourth-order valence-electron chi connectivity index (χ4n) is 2.79. The summed E-state index contributed by atoms with van der Waals surface area (Å²) >= 11 is 3.57. The molecule has 0 bridgehead atoms. The minimum Gasteiger partial charge on any atom is -0.326 e. The van der Waals surface area contributed by atoms with Crippen LogP contribution in [-0.2, 0) is 9.59 Å². The van der Waals surface area contributed by atoms with Crippen LogP contribution in [0.15, 0.2) is 47.5 Å². The molecule has 0 aliphatic carbocycles. The Labute approximate surface area is 176 Å². The third-order valence-corrected chi connectivity index (χ3v) is 6.26. The fraction of sp³-hybridized carbons (Fsp3) is 0.250. The van der Waals surface area contributed by atoms with Crippen molar-refractivity contribution >= 4 is 62.7 Å². The molecule has 1 aliphatic heterocycles. The van der Waals surface area contributed by atoms with E-state index in [0.717, 1.165) is 26.1 Å². The van der Waals surface area contributed by atoms with Gasteiger partial charge >= 0.3 is 0 Å². The first-order valence-corrected chi connectivity index (χ1v) is 10.5. The van der Waals surface area contributed by atoms with Crippen molar-refractivity contribution in [2.75, 3.05) is 12.4 Å². The van der Waals surface area contributed by atoms with Gasteiger partial charge in [0.25, 0.3) is 0 Å². The summed E-state index contributed by atoms with van der Waals surface area (Å²) in [4.78, 5) is 31.1. The Balaban J connectivity index is 1.69. The second kappa shape index (κ2) is 8.43. The van der Waals surface area contributed by atoms with Gasteiger partial charge in [0, 0.05) is 22.7 Å². The molecule has 1 N–H and O–H groups in total. The summed E-state index contributed by atoms with van der Waals surface area (Å²) in [6.45, 7) is 3.91. The highest BCUT2D eigenvalue weighted by molar-refractivity contribution is 14.1. The number of nitrogens with zero attached hydrogens (tertiary/aromatic N) is 2. The Morgan fingerprint density at radius 2 is 1.81 bits per heavy atom. The standard InChI is InChI=1S/C20H20IN3O2S/c1-12-5-4-6-13(2)18(12)23-17(25)11-16-19(26)24(3)20(27-16)22-15-9-7-14(21)8-10-15/h4-10,16H,11H2,1-3H3,(H,23,25)/t16-/m0/s1. The van der Waals surface area contributed by atoms with E-state index in [1.54, 1.807) is 7.05 Å². The molecule has 0 unspecified atom stereocenters. The molecule has 0 aromatic heterocycles. The predicted molar refractivity (Wildman–Crippen MR) is 120 cm³/mol. The summed E-state index contributed by atoms with van der Waals surface area (Å²) in [6.07, 6.45) is 0.118. The third-order valence-electron chi connectivity index (χ3n) is 4.31. The van der Waals surface area contributed by atoms with Gasteiger partial charge in [0.2, 0.25) is 11.8 Å². The number of amides is 2. The van der Waals surface area contributed by atoms with E-state index in [1.165, 1.54) is 16.7 Å². The number of aryl methyl sites for hydroxylation is 2. The minimum absolute atomic E-state index is 0.0964. The van der Waals surface area contributed by atoms with Crippen molar-refractivity contribution in [1.29, 1.82) is 0 Å². The van der Waals surface area contributed by atoms with Crippen molar-refractivity contribution in [2.45, 2.75) is 25.5 Å². The molecule has 5 nitrogen and oxygen atoms in total. The van der Waals surface area contributed by atoms with Crippen LogP contribution in [0.5, 0.6) is 0 Å².